The van der Waals surface area contributed by atoms with Crippen LogP contribution in [0.4, 0.5) is 0 Å². The molecule has 5 heterocycles. The molecule has 0 aliphatic carbocycles. The minimum Gasteiger partial charge on any atom is -0.462 e. The summed E-state index contributed by atoms with van der Waals surface area (Å²) in [4.78, 5) is 52.8. The number of amides is 1. The molecule has 4 aromatic rings. The van der Waals surface area contributed by atoms with Crippen molar-refractivity contribution in [3.8, 4) is 0 Å². The maximum Gasteiger partial charge on any atom is 0.341 e. The second-order valence-corrected chi connectivity index (χ2v) is 8.55. The molecule has 36 heavy (non-hydrogen) atoms. The van der Waals surface area contributed by atoms with E-state index in [0.717, 1.165) is 18.4 Å². The summed E-state index contributed by atoms with van der Waals surface area (Å²) in [5.74, 6) is -1.27. The third kappa shape index (κ3) is 4.31. The average molecular weight is 488 g/mol. The lowest BCUT2D eigenvalue weighted by Gasteiger charge is -2.18. The quantitative estimate of drug-likeness (QED) is 0.313. The van der Waals surface area contributed by atoms with Crippen molar-refractivity contribution in [2.45, 2.75) is 39.3 Å². The summed E-state index contributed by atoms with van der Waals surface area (Å²) in [6.45, 7) is 4.54. The van der Waals surface area contributed by atoms with Crippen molar-refractivity contribution in [3.05, 3.63) is 81.5 Å². The number of pyridine rings is 3. The molecule has 10 heteroatoms. The highest BCUT2D eigenvalue weighted by atomic mass is 16.5. The van der Waals surface area contributed by atoms with Crippen molar-refractivity contribution in [1.29, 1.82) is 0 Å². The predicted octanol–water partition coefficient (Wildman–Crippen LogP) is 2.45. The molecule has 184 valence electrons. The van der Waals surface area contributed by atoms with Gasteiger partial charge < -0.3 is 14.0 Å². The smallest absolute Gasteiger partial charge is 0.341 e. The van der Waals surface area contributed by atoms with Gasteiger partial charge in [-0.1, -0.05) is 6.07 Å². The summed E-state index contributed by atoms with van der Waals surface area (Å²) in [6, 6.07) is 8.27. The largest absolute Gasteiger partial charge is 0.462 e. The van der Waals surface area contributed by atoms with E-state index in [1.54, 1.807) is 42.1 Å². The fraction of sp³-hybridized carbons (Fsp3) is 0.308. The van der Waals surface area contributed by atoms with Crippen LogP contribution in [0, 0.1) is 6.92 Å². The van der Waals surface area contributed by atoms with Crippen LogP contribution in [0.25, 0.3) is 16.7 Å². The van der Waals surface area contributed by atoms with E-state index in [1.165, 1.54) is 16.7 Å². The molecular formula is C26H25N5O5. The molecule has 10 nitrogen and oxygen atoms in total. The van der Waals surface area contributed by atoms with E-state index in [-0.39, 0.29) is 46.8 Å². The molecule has 5 rings (SSSR count). The Kier molecular flexibility index (Phi) is 6.43. The summed E-state index contributed by atoms with van der Waals surface area (Å²) in [7, 11) is 0. The van der Waals surface area contributed by atoms with Crippen LogP contribution in [0.15, 0.2) is 58.7 Å². The van der Waals surface area contributed by atoms with Gasteiger partial charge in [-0.3, -0.25) is 19.0 Å². The molecule has 0 radical (unpaired) electrons. The number of rotatable bonds is 5. The summed E-state index contributed by atoms with van der Waals surface area (Å²) < 4.78 is 14.2. The second kappa shape index (κ2) is 9.82. The van der Waals surface area contributed by atoms with Crippen molar-refractivity contribution in [2.24, 2.45) is 4.99 Å². The Morgan fingerprint density at radius 3 is 2.83 bits per heavy atom. The summed E-state index contributed by atoms with van der Waals surface area (Å²) in [5, 5.41) is 0.215. The lowest BCUT2D eigenvalue weighted by atomic mass is 10.1. The molecule has 0 bridgehead atoms. The first kappa shape index (κ1) is 23.6. The van der Waals surface area contributed by atoms with Gasteiger partial charge in [-0.15, -0.1) is 0 Å². The zero-order chi connectivity index (χ0) is 25.2. The zero-order valence-electron chi connectivity index (χ0n) is 20.0. The van der Waals surface area contributed by atoms with Gasteiger partial charge in [0.05, 0.1) is 30.2 Å². The summed E-state index contributed by atoms with van der Waals surface area (Å²) >= 11 is 0. The van der Waals surface area contributed by atoms with Crippen LogP contribution in [0.2, 0.25) is 0 Å². The van der Waals surface area contributed by atoms with E-state index in [4.69, 9.17) is 14.5 Å². The molecule has 1 amide bonds. The summed E-state index contributed by atoms with van der Waals surface area (Å²) in [6.07, 6.45) is 6.09. The molecule has 1 saturated heterocycles. The number of carbonyl (C=O) groups is 2. The highest BCUT2D eigenvalue weighted by Crippen LogP contribution is 2.18. The topological polar surface area (TPSA) is 117 Å². The normalized spacial score (nSPS) is 16.1. The number of aromatic nitrogens is 4. The third-order valence-corrected chi connectivity index (χ3v) is 6.13. The number of hydrogen-bond acceptors (Lipinski definition) is 7. The maximum atomic E-state index is 13.5. The molecular weight excluding hydrogens is 462 g/mol. The first-order valence-corrected chi connectivity index (χ1v) is 11.8. The van der Waals surface area contributed by atoms with Crippen molar-refractivity contribution in [3.63, 3.8) is 0 Å². The molecule has 0 N–H and O–H groups in total. The first-order chi connectivity index (χ1) is 17.5. The van der Waals surface area contributed by atoms with Crippen molar-refractivity contribution in [2.75, 3.05) is 13.2 Å². The Bertz CT molecular complexity index is 1600. The van der Waals surface area contributed by atoms with Gasteiger partial charge in [0.2, 0.25) is 0 Å². The molecule has 4 aromatic heterocycles. The van der Waals surface area contributed by atoms with E-state index < -0.39 is 11.9 Å². The molecule has 0 aromatic carbocycles. The van der Waals surface area contributed by atoms with Crippen LogP contribution < -0.4 is 11.0 Å². The lowest BCUT2D eigenvalue weighted by Crippen LogP contribution is -2.35. The molecule has 1 atom stereocenters. The Hall–Kier alpha value is -4.18. The van der Waals surface area contributed by atoms with Gasteiger partial charge >= 0.3 is 5.97 Å². The van der Waals surface area contributed by atoms with Crippen LogP contribution in [-0.4, -0.2) is 50.1 Å². The minimum absolute atomic E-state index is 0.00564. The van der Waals surface area contributed by atoms with Crippen LogP contribution in [0.5, 0.6) is 0 Å². The van der Waals surface area contributed by atoms with Crippen LogP contribution in [0.1, 0.15) is 46.0 Å². The molecule has 1 fully saturated rings. The fourth-order valence-electron chi connectivity index (χ4n) is 4.38. The highest BCUT2D eigenvalue weighted by Gasteiger charge is 2.24. The van der Waals surface area contributed by atoms with E-state index in [9.17, 15) is 14.4 Å². The van der Waals surface area contributed by atoms with Crippen molar-refractivity contribution in [1.82, 2.24) is 18.9 Å². The monoisotopic (exact) mass is 487 g/mol. The Labute approximate surface area is 205 Å². The zero-order valence-corrected chi connectivity index (χ0v) is 20.0. The second-order valence-electron chi connectivity index (χ2n) is 8.55. The first-order valence-electron chi connectivity index (χ1n) is 11.8. The van der Waals surface area contributed by atoms with Gasteiger partial charge in [0, 0.05) is 25.2 Å². The van der Waals surface area contributed by atoms with E-state index >= 15 is 0 Å². The number of hydrogen-bond donors (Lipinski definition) is 0. The number of esters is 1. The number of carbonyl (C=O) groups excluding carboxylic acids is 2. The molecule has 1 aliphatic heterocycles. The Morgan fingerprint density at radius 1 is 1.25 bits per heavy atom. The van der Waals surface area contributed by atoms with Crippen LogP contribution >= 0.6 is 0 Å². The minimum atomic E-state index is -0.688. The number of aryl methyl sites for hydroxylation is 1. The van der Waals surface area contributed by atoms with E-state index in [0.29, 0.717) is 17.9 Å². The van der Waals surface area contributed by atoms with Crippen LogP contribution in [0.3, 0.4) is 0 Å². The number of fused-ring (bicyclic) bond motifs is 2. The molecule has 0 unspecified atom stereocenters. The highest BCUT2D eigenvalue weighted by molar-refractivity contribution is 5.97. The van der Waals surface area contributed by atoms with E-state index in [2.05, 4.69) is 9.98 Å². The Morgan fingerprint density at radius 2 is 2.11 bits per heavy atom. The molecule has 1 aliphatic rings. The summed E-state index contributed by atoms with van der Waals surface area (Å²) in [5.41, 5.74) is 1.59. The predicted molar refractivity (Wildman–Crippen MR) is 131 cm³/mol. The fourth-order valence-corrected chi connectivity index (χ4v) is 4.38. The van der Waals surface area contributed by atoms with Gasteiger partial charge in [-0.25, -0.2) is 9.78 Å². The Balaban J connectivity index is 1.89. The lowest BCUT2D eigenvalue weighted by molar-refractivity contribution is 0.0521. The van der Waals surface area contributed by atoms with Gasteiger partial charge in [0.15, 0.2) is 5.49 Å². The average Bonchev–Trinajstić information content (AvgIpc) is 3.40. The van der Waals surface area contributed by atoms with Gasteiger partial charge in [-0.2, -0.15) is 4.99 Å². The van der Waals surface area contributed by atoms with Gasteiger partial charge in [-0.05, 0) is 56.5 Å². The van der Waals surface area contributed by atoms with Gasteiger partial charge in [0.25, 0.3) is 11.5 Å². The molecule has 0 saturated carbocycles. The number of nitrogens with zero attached hydrogens (tertiary/aromatic N) is 5. The SMILES string of the molecule is CCOC(=O)c1cc2c(=O)n3cccc(C)c3nc2n(C[C@@H]2CCCO2)c1=NC(=O)c1cccnc1. The third-order valence-electron chi connectivity index (χ3n) is 6.13. The van der Waals surface area contributed by atoms with Crippen molar-refractivity contribution < 1.29 is 19.1 Å². The molecule has 0 spiro atoms. The van der Waals surface area contributed by atoms with Crippen LogP contribution in [-0.2, 0) is 16.0 Å². The number of ether oxygens (including phenoxy) is 2. The van der Waals surface area contributed by atoms with E-state index in [1.807, 2.05) is 13.0 Å². The van der Waals surface area contributed by atoms with Crippen molar-refractivity contribution >= 4 is 28.6 Å². The standard InChI is InChI=1S/C26H25N5O5/c1-3-35-26(34)20-13-19-22(28-21-16(2)7-5-11-30(21)25(19)33)31(15-18-9-6-12-36-18)23(20)29-24(32)17-8-4-10-27-14-17/h4-5,7-8,10-11,13-14,18H,3,6,9,12,15H2,1-2H3/t18-/m0/s1. The maximum absolute atomic E-state index is 13.5. The van der Waals surface area contributed by atoms with Gasteiger partial charge in [0.1, 0.15) is 16.9 Å².